The highest BCUT2D eigenvalue weighted by Gasteiger charge is 2.01. The Morgan fingerprint density at radius 1 is 1.22 bits per heavy atom. The van der Waals surface area contributed by atoms with Crippen molar-refractivity contribution in [2.45, 2.75) is 52.6 Å². The maximum absolute atomic E-state index is 11.5. The van der Waals surface area contributed by atoms with Crippen molar-refractivity contribution in [3.05, 3.63) is 29.8 Å². The molecule has 3 nitrogen and oxygen atoms in total. The van der Waals surface area contributed by atoms with Gasteiger partial charge in [-0.3, -0.25) is 4.79 Å². The molecule has 0 bridgehead atoms. The van der Waals surface area contributed by atoms with E-state index < -0.39 is 0 Å². The van der Waals surface area contributed by atoms with Gasteiger partial charge in [-0.05, 0) is 24.1 Å². The van der Waals surface area contributed by atoms with Crippen LogP contribution in [0.5, 0.6) is 0 Å². The van der Waals surface area contributed by atoms with E-state index in [0.29, 0.717) is 12.5 Å². The van der Waals surface area contributed by atoms with E-state index in [1.54, 1.807) is 0 Å². The molecule has 0 saturated heterocycles. The molecular formula is C15H24N2O. The number of hydrogen-bond acceptors (Lipinski definition) is 2. The van der Waals surface area contributed by atoms with Crippen molar-refractivity contribution in [2.75, 3.05) is 5.32 Å². The largest absolute Gasteiger partial charge is 0.326 e. The van der Waals surface area contributed by atoms with Crippen molar-refractivity contribution in [2.24, 2.45) is 0 Å². The van der Waals surface area contributed by atoms with E-state index in [4.69, 9.17) is 0 Å². The predicted octanol–water partition coefficient (Wildman–Crippen LogP) is 3.31. The number of anilines is 1. The summed E-state index contributed by atoms with van der Waals surface area (Å²) in [5.41, 5.74) is 2.11. The Morgan fingerprint density at radius 3 is 2.44 bits per heavy atom. The van der Waals surface area contributed by atoms with E-state index in [2.05, 4.69) is 31.4 Å². The number of hydrogen-bond donors (Lipinski definition) is 2. The lowest BCUT2D eigenvalue weighted by Gasteiger charge is -2.09. The van der Waals surface area contributed by atoms with E-state index >= 15 is 0 Å². The van der Waals surface area contributed by atoms with Gasteiger partial charge in [-0.1, -0.05) is 39.3 Å². The summed E-state index contributed by atoms with van der Waals surface area (Å²) in [5, 5.41) is 6.27. The summed E-state index contributed by atoms with van der Waals surface area (Å²) < 4.78 is 0. The van der Waals surface area contributed by atoms with Crippen LogP contribution >= 0.6 is 0 Å². The van der Waals surface area contributed by atoms with Gasteiger partial charge in [-0.2, -0.15) is 0 Å². The molecule has 0 spiro atoms. The van der Waals surface area contributed by atoms with E-state index in [1.165, 1.54) is 5.56 Å². The fraction of sp³-hybridized carbons (Fsp3) is 0.533. The first-order chi connectivity index (χ1) is 8.61. The van der Waals surface area contributed by atoms with Gasteiger partial charge in [-0.25, -0.2) is 0 Å². The molecule has 0 unspecified atom stereocenters. The highest BCUT2D eigenvalue weighted by molar-refractivity contribution is 5.90. The third kappa shape index (κ3) is 5.82. The fourth-order valence-electron chi connectivity index (χ4n) is 1.59. The molecule has 0 radical (unpaired) electrons. The highest BCUT2D eigenvalue weighted by Crippen LogP contribution is 2.10. The number of carbonyl (C=O) groups excluding carboxylic acids is 1. The van der Waals surface area contributed by atoms with Gasteiger partial charge in [0.2, 0.25) is 5.91 Å². The SMILES string of the molecule is CCCCC(=O)Nc1ccc(CNC(C)C)cc1. The molecule has 18 heavy (non-hydrogen) atoms. The Hall–Kier alpha value is -1.35. The molecule has 0 aliphatic carbocycles. The van der Waals surface area contributed by atoms with Crippen molar-refractivity contribution in [1.82, 2.24) is 5.32 Å². The monoisotopic (exact) mass is 248 g/mol. The van der Waals surface area contributed by atoms with Crippen molar-refractivity contribution >= 4 is 11.6 Å². The van der Waals surface area contributed by atoms with Gasteiger partial charge in [0.25, 0.3) is 0 Å². The molecule has 0 saturated carbocycles. The number of carbonyl (C=O) groups is 1. The summed E-state index contributed by atoms with van der Waals surface area (Å²) in [6.07, 6.45) is 2.60. The van der Waals surface area contributed by atoms with Crippen LogP contribution in [-0.4, -0.2) is 11.9 Å². The summed E-state index contributed by atoms with van der Waals surface area (Å²) >= 11 is 0. The third-order valence-corrected chi connectivity index (χ3v) is 2.71. The number of nitrogens with one attached hydrogen (secondary N) is 2. The van der Waals surface area contributed by atoms with Crippen LogP contribution in [0.2, 0.25) is 0 Å². The molecular weight excluding hydrogens is 224 g/mol. The first-order valence-corrected chi connectivity index (χ1v) is 6.74. The molecule has 0 atom stereocenters. The van der Waals surface area contributed by atoms with Gasteiger partial charge in [-0.15, -0.1) is 0 Å². The lowest BCUT2D eigenvalue weighted by Crippen LogP contribution is -2.21. The van der Waals surface area contributed by atoms with Crippen molar-refractivity contribution in [3.63, 3.8) is 0 Å². The minimum absolute atomic E-state index is 0.102. The zero-order chi connectivity index (χ0) is 13.4. The van der Waals surface area contributed by atoms with Crippen LogP contribution in [0, 0.1) is 0 Å². The number of unbranched alkanes of at least 4 members (excludes halogenated alkanes) is 1. The van der Waals surface area contributed by atoms with Crippen LogP contribution in [-0.2, 0) is 11.3 Å². The van der Waals surface area contributed by atoms with Crippen LogP contribution in [0.15, 0.2) is 24.3 Å². The highest BCUT2D eigenvalue weighted by atomic mass is 16.1. The predicted molar refractivity (Wildman–Crippen MR) is 76.6 cm³/mol. The molecule has 0 aliphatic rings. The molecule has 1 rings (SSSR count). The Kier molecular flexibility index (Phi) is 6.44. The second kappa shape index (κ2) is 7.88. The van der Waals surface area contributed by atoms with Gasteiger partial charge in [0, 0.05) is 24.7 Å². The maximum Gasteiger partial charge on any atom is 0.224 e. The summed E-state index contributed by atoms with van der Waals surface area (Å²) in [7, 11) is 0. The Morgan fingerprint density at radius 2 is 1.89 bits per heavy atom. The molecule has 3 heteroatoms. The van der Waals surface area contributed by atoms with E-state index in [1.807, 2.05) is 24.3 Å². The molecule has 0 aliphatic heterocycles. The second-order valence-corrected chi connectivity index (χ2v) is 4.88. The Balaban J connectivity index is 2.42. The average Bonchev–Trinajstić information content (AvgIpc) is 2.35. The molecule has 100 valence electrons. The first kappa shape index (κ1) is 14.7. The lowest BCUT2D eigenvalue weighted by atomic mass is 10.2. The van der Waals surface area contributed by atoms with Crippen LogP contribution in [0.1, 0.15) is 45.6 Å². The molecule has 0 fully saturated rings. The maximum atomic E-state index is 11.5. The Bertz CT molecular complexity index is 357. The minimum atomic E-state index is 0.102. The van der Waals surface area contributed by atoms with Crippen LogP contribution in [0.25, 0.3) is 0 Å². The van der Waals surface area contributed by atoms with Crippen molar-refractivity contribution in [1.29, 1.82) is 0 Å². The summed E-state index contributed by atoms with van der Waals surface area (Å²) in [6.45, 7) is 7.20. The normalized spacial score (nSPS) is 10.7. The van der Waals surface area contributed by atoms with Crippen molar-refractivity contribution in [3.8, 4) is 0 Å². The Labute approximate surface area is 110 Å². The zero-order valence-corrected chi connectivity index (χ0v) is 11.6. The van der Waals surface area contributed by atoms with Gasteiger partial charge in [0.05, 0.1) is 0 Å². The van der Waals surface area contributed by atoms with E-state index in [-0.39, 0.29) is 5.91 Å². The summed E-state index contributed by atoms with van der Waals surface area (Å²) in [6, 6.07) is 8.50. The number of amides is 1. The lowest BCUT2D eigenvalue weighted by molar-refractivity contribution is -0.116. The van der Waals surface area contributed by atoms with Gasteiger partial charge >= 0.3 is 0 Å². The van der Waals surface area contributed by atoms with Crippen molar-refractivity contribution < 1.29 is 4.79 Å². The standard InChI is InChI=1S/C15H24N2O/c1-4-5-6-15(18)17-14-9-7-13(8-10-14)11-16-12(2)3/h7-10,12,16H,4-6,11H2,1-3H3,(H,17,18). The first-order valence-electron chi connectivity index (χ1n) is 6.74. The topological polar surface area (TPSA) is 41.1 Å². The summed E-state index contributed by atoms with van der Waals surface area (Å²) in [4.78, 5) is 11.5. The van der Waals surface area contributed by atoms with Crippen LogP contribution in [0.4, 0.5) is 5.69 Å². The zero-order valence-electron chi connectivity index (χ0n) is 11.6. The van der Waals surface area contributed by atoms with E-state index in [9.17, 15) is 4.79 Å². The second-order valence-electron chi connectivity index (χ2n) is 4.88. The quantitative estimate of drug-likeness (QED) is 0.777. The van der Waals surface area contributed by atoms with Gasteiger partial charge in [0.15, 0.2) is 0 Å². The van der Waals surface area contributed by atoms with Gasteiger partial charge in [0.1, 0.15) is 0 Å². The minimum Gasteiger partial charge on any atom is -0.326 e. The van der Waals surface area contributed by atoms with Gasteiger partial charge < -0.3 is 10.6 Å². The number of rotatable bonds is 7. The fourth-order valence-corrected chi connectivity index (χ4v) is 1.59. The van der Waals surface area contributed by atoms with E-state index in [0.717, 1.165) is 25.1 Å². The molecule has 1 aromatic rings. The summed E-state index contributed by atoms with van der Waals surface area (Å²) in [5.74, 6) is 0.102. The number of benzene rings is 1. The smallest absolute Gasteiger partial charge is 0.224 e. The van der Waals surface area contributed by atoms with Crippen LogP contribution < -0.4 is 10.6 Å². The molecule has 0 aromatic heterocycles. The molecule has 2 N–H and O–H groups in total. The molecule has 1 aromatic carbocycles. The molecule has 1 amide bonds. The van der Waals surface area contributed by atoms with Crippen LogP contribution in [0.3, 0.4) is 0 Å². The molecule has 0 heterocycles. The average molecular weight is 248 g/mol. The third-order valence-electron chi connectivity index (χ3n) is 2.71.